The van der Waals surface area contributed by atoms with Gasteiger partial charge in [-0.1, -0.05) is 36.4 Å². The second-order valence-electron chi connectivity index (χ2n) is 6.53. The molecule has 0 bridgehead atoms. The van der Waals surface area contributed by atoms with E-state index in [1.807, 2.05) is 42.5 Å². The van der Waals surface area contributed by atoms with Crippen LogP contribution in [0.3, 0.4) is 0 Å². The summed E-state index contributed by atoms with van der Waals surface area (Å²) in [6.45, 7) is 0.103. The van der Waals surface area contributed by atoms with Crippen LogP contribution in [-0.2, 0) is 0 Å². The molecule has 1 amide bonds. The van der Waals surface area contributed by atoms with E-state index in [2.05, 4.69) is 4.98 Å². The molecule has 2 N–H and O–H groups in total. The predicted molar refractivity (Wildman–Crippen MR) is 99.2 cm³/mol. The van der Waals surface area contributed by atoms with Gasteiger partial charge >= 0.3 is 0 Å². The Balaban J connectivity index is 1.82. The third-order valence-corrected chi connectivity index (χ3v) is 5.00. The van der Waals surface area contributed by atoms with Gasteiger partial charge in [-0.15, -0.1) is 0 Å². The zero-order valence-corrected chi connectivity index (χ0v) is 14.3. The van der Waals surface area contributed by atoms with Gasteiger partial charge in [0.15, 0.2) is 5.78 Å². The SMILES string of the molecule is O=C1CCC(N(CCO)C(=O)c2ccccc2)c2c1[nH]c1ccccc21. The molecule has 0 spiro atoms. The number of nitrogens with one attached hydrogen (secondary N) is 1. The van der Waals surface area contributed by atoms with E-state index in [4.69, 9.17) is 0 Å². The van der Waals surface area contributed by atoms with Gasteiger partial charge in [0.2, 0.25) is 0 Å². The lowest BCUT2D eigenvalue weighted by Gasteiger charge is -2.34. The summed E-state index contributed by atoms with van der Waals surface area (Å²) >= 11 is 0. The maximum absolute atomic E-state index is 13.1. The molecule has 1 aliphatic carbocycles. The van der Waals surface area contributed by atoms with Crippen LogP contribution in [-0.4, -0.2) is 39.8 Å². The minimum Gasteiger partial charge on any atom is -0.395 e. The summed E-state index contributed by atoms with van der Waals surface area (Å²) in [5, 5.41) is 10.5. The number of aliphatic hydroxyl groups is 1. The summed E-state index contributed by atoms with van der Waals surface area (Å²) in [5.74, 6) is -0.0567. The van der Waals surface area contributed by atoms with Gasteiger partial charge in [0, 0.05) is 35.0 Å². The van der Waals surface area contributed by atoms with Crippen molar-refractivity contribution >= 4 is 22.6 Å². The summed E-state index contributed by atoms with van der Waals surface area (Å²) < 4.78 is 0. The van der Waals surface area contributed by atoms with Crippen LogP contribution in [0.1, 0.15) is 45.3 Å². The van der Waals surface area contributed by atoms with E-state index in [1.165, 1.54) is 0 Å². The number of aromatic nitrogens is 1. The monoisotopic (exact) mass is 348 g/mol. The summed E-state index contributed by atoms with van der Waals surface area (Å²) in [6, 6.07) is 16.6. The lowest BCUT2D eigenvalue weighted by Crippen LogP contribution is -2.39. The molecule has 0 aliphatic heterocycles. The number of amides is 1. The molecule has 4 rings (SSSR count). The Hall–Kier alpha value is -2.92. The van der Waals surface area contributed by atoms with E-state index in [9.17, 15) is 14.7 Å². The van der Waals surface area contributed by atoms with Gasteiger partial charge < -0.3 is 15.0 Å². The molecule has 5 nitrogen and oxygen atoms in total. The highest BCUT2D eigenvalue weighted by atomic mass is 16.3. The number of H-pyrrole nitrogens is 1. The first-order chi connectivity index (χ1) is 12.7. The smallest absolute Gasteiger partial charge is 0.254 e. The molecule has 1 heterocycles. The second kappa shape index (κ2) is 6.77. The average Bonchev–Trinajstić information content (AvgIpc) is 3.08. The number of rotatable bonds is 4. The van der Waals surface area contributed by atoms with E-state index in [-0.39, 0.29) is 30.9 Å². The standard InChI is InChI=1S/C21H20N2O3/c24-13-12-23(21(26)14-6-2-1-3-7-14)17-10-11-18(25)20-19(17)15-8-4-5-9-16(15)22-20/h1-9,17,22,24H,10-13H2. The minimum atomic E-state index is -0.237. The number of fused-ring (bicyclic) bond motifs is 3. The third kappa shape index (κ3) is 2.70. The number of carbonyl (C=O) groups is 2. The van der Waals surface area contributed by atoms with E-state index >= 15 is 0 Å². The first-order valence-corrected chi connectivity index (χ1v) is 8.81. The van der Waals surface area contributed by atoms with Crippen LogP contribution >= 0.6 is 0 Å². The third-order valence-electron chi connectivity index (χ3n) is 5.00. The summed E-state index contributed by atoms with van der Waals surface area (Å²) in [7, 11) is 0. The minimum absolute atomic E-state index is 0.0727. The van der Waals surface area contributed by atoms with E-state index in [0.29, 0.717) is 24.1 Å². The summed E-state index contributed by atoms with van der Waals surface area (Å²) in [6.07, 6.45) is 0.945. The fourth-order valence-electron chi connectivity index (χ4n) is 3.83. The zero-order valence-electron chi connectivity index (χ0n) is 14.3. The largest absolute Gasteiger partial charge is 0.395 e. The molecule has 1 unspecified atom stereocenters. The maximum Gasteiger partial charge on any atom is 0.254 e. The fraction of sp³-hybridized carbons (Fsp3) is 0.238. The van der Waals surface area contributed by atoms with Crippen LogP contribution in [0, 0.1) is 0 Å². The molecule has 3 aromatic rings. The number of ketones is 1. The van der Waals surface area contributed by atoms with Crippen molar-refractivity contribution < 1.29 is 14.7 Å². The summed E-state index contributed by atoms with van der Waals surface area (Å²) in [4.78, 5) is 30.5. The molecular weight excluding hydrogens is 328 g/mol. The molecule has 1 aromatic heterocycles. The number of benzene rings is 2. The Morgan fingerprint density at radius 1 is 1.12 bits per heavy atom. The quantitative estimate of drug-likeness (QED) is 0.760. The molecule has 1 atom stereocenters. The number of carbonyl (C=O) groups excluding carboxylic acids is 2. The fourth-order valence-corrected chi connectivity index (χ4v) is 3.83. The van der Waals surface area contributed by atoms with Crippen molar-refractivity contribution in [1.29, 1.82) is 0 Å². The molecule has 26 heavy (non-hydrogen) atoms. The molecule has 2 aromatic carbocycles. The normalized spacial score (nSPS) is 16.5. The van der Waals surface area contributed by atoms with Crippen LogP contribution < -0.4 is 0 Å². The van der Waals surface area contributed by atoms with Gasteiger partial charge in [0.1, 0.15) is 0 Å². The van der Waals surface area contributed by atoms with Gasteiger partial charge in [-0.2, -0.15) is 0 Å². The first-order valence-electron chi connectivity index (χ1n) is 8.81. The van der Waals surface area contributed by atoms with Gasteiger partial charge in [-0.3, -0.25) is 9.59 Å². The molecule has 0 fully saturated rings. The highest BCUT2D eigenvalue weighted by molar-refractivity contribution is 6.04. The molecule has 0 radical (unpaired) electrons. The number of Topliss-reactive ketones (excluding diaryl/α,β-unsaturated/α-hetero) is 1. The highest BCUT2D eigenvalue weighted by Gasteiger charge is 2.35. The van der Waals surface area contributed by atoms with Gasteiger partial charge in [-0.05, 0) is 24.6 Å². The molecule has 5 heteroatoms. The van der Waals surface area contributed by atoms with Crippen molar-refractivity contribution in [3.05, 3.63) is 71.4 Å². The molecule has 132 valence electrons. The van der Waals surface area contributed by atoms with Crippen LogP contribution in [0.2, 0.25) is 0 Å². The summed E-state index contributed by atoms with van der Waals surface area (Å²) in [5.41, 5.74) is 2.94. The van der Waals surface area contributed by atoms with Crippen LogP contribution in [0.15, 0.2) is 54.6 Å². The predicted octanol–water partition coefficient (Wildman–Crippen LogP) is 3.32. The zero-order chi connectivity index (χ0) is 18.1. The van der Waals surface area contributed by atoms with E-state index in [1.54, 1.807) is 17.0 Å². The van der Waals surface area contributed by atoms with Crippen molar-refractivity contribution in [3.63, 3.8) is 0 Å². The molecule has 0 saturated heterocycles. The number of nitrogens with zero attached hydrogens (tertiary/aromatic N) is 1. The number of hydrogen-bond acceptors (Lipinski definition) is 3. The Labute approximate surface area is 151 Å². The Morgan fingerprint density at radius 3 is 2.62 bits per heavy atom. The Morgan fingerprint density at radius 2 is 1.85 bits per heavy atom. The van der Waals surface area contributed by atoms with Crippen LogP contribution in [0.5, 0.6) is 0 Å². The topological polar surface area (TPSA) is 73.4 Å². The van der Waals surface area contributed by atoms with Crippen molar-refractivity contribution in [2.75, 3.05) is 13.2 Å². The number of aromatic amines is 1. The lowest BCUT2D eigenvalue weighted by atomic mass is 9.88. The van der Waals surface area contributed by atoms with Gasteiger partial charge in [0.25, 0.3) is 5.91 Å². The lowest BCUT2D eigenvalue weighted by molar-refractivity contribution is 0.0599. The Bertz CT molecular complexity index is 962. The maximum atomic E-state index is 13.1. The number of aliphatic hydroxyl groups excluding tert-OH is 1. The average molecular weight is 348 g/mol. The van der Waals surface area contributed by atoms with Crippen molar-refractivity contribution in [1.82, 2.24) is 9.88 Å². The van der Waals surface area contributed by atoms with Crippen molar-refractivity contribution in [3.8, 4) is 0 Å². The number of hydrogen-bond donors (Lipinski definition) is 2. The van der Waals surface area contributed by atoms with Crippen molar-refractivity contribution in [2.45, 2.75) is 18.9 Å². The van der Waals surface area contributed by atoms with Gasteiger partial charge in [0.05, 0.1) is 18.3 Å². The molecule has 0 saturated carbocycles. The first kappa shape index (κ1) is 16.5. The highest BCUT2D eigenvalue weighted by Crippen LogP contribution is 2.39. The Kier molecular flexibility index (Phi) is 4.31. The van der Waals surface area contributed by atoms with Crippen LogP contribution in [0.4, 0.5) is 0 Å². The van der Waals surface area contributed by atoms with Gasteiger partial charge in [-0.25, -0.2) is 0 Å². The molecular formula is C21H20N2O3. The number of para-hydroxylation sites is 1. The van der Waals surface area contributed by atoms with E-state index in [0.717, 1.165) is 16.5 Å². The van der Waals surface area contributed by atoms with Crippen LogP contribution in [0.25, 0.3) is 10.9 Å². The second-order valence-corrected chi connectivity index (χ2v) is 6.53. The van der Waals surface area contributed by atoms with Crippen molar-refractivity contribution in [2.24, 2.45) is 0 Å². The molecule has 1 aliphatic rings. The van der Waals surface area contributed by atoms with E-state index < -0.39 is 0 Å².